The van der Waals surface area contributed by atoms with Gasteiger partial charge in [0.15, 0.2) is 5.82 Å². The van der Waals surface area contributed by atoms with Gasteiger partial charge in [-0.3, -0.25) is 4.79 Å². The van der Waals surface area contributed by atoms with Crippen LogP contribution in [0.1, 0.15) is 35.1 Å². The molecule has 0 aliphatic carbocycles. The number of ether oxygens (including phenoxy) is 1. The summed E-state index contributed by atoms with van der Waals surface area (Å²) in [6.07, 6.45) is 2.43. The second-order valence-electron chi connectivity index (χ2n) is 6.20. The third kappa shape index (κ3) is 4.04. The lowest BCUT2D eigenvalue weighted by Crippen LogP contribution is -2.31. The Hall–Kier alpha value is -2.29. The highest BCUT2D eigenvalue weighted by molar-refractivity contribution is 7.08. The van der Waals surface area contributed by atoms with Crippen LogP contribution in [0, 0.1) is 0 Å². The Kier molecular flexibility index (Phi) is 5.42. The predicted molar refractivity (Wildman–Crippen MR) is 95.2 cm³/mol. The lowest BCUT2D eigenvalue weighted by Gasteiger charge is -2.16. The minimum absolute atomic E-state index is 0.00131. The molecule has 8 nitrogen and oxygen atoms in total. The molecule has 1 atom stereocenters. The third-order valence-electron chi connectivity index (χ3n) is 4.04. The summed E-state index contributed by atoms with van der Waals surface area (Å²) in [6.45, 7) is 3.27. The van der Waals surface area contributed by atoms with Crippen LogP contribution in [0.3, 0.4) is 0 Å². The Morgan fingerprint density at radius 1 is 1.36 bits per heavy atom. The summed E-state index contributed by atoms with van der Waals surface area (Å²) in [4.78, 5) is 17.0. The largest absolute Gasteiger partial charge is 0.471 e. The molecule has 1 fully saturated rings. The number of nitrogens with zero attached hydrogens (tertiary/aromatic N) is 6. The third-order valence-corrected chi connectivity index (χ3v) is 4.80. The minimum atomic E-state index is -0.0704. The number of anilines is 1. The van der Waals surface area contributed by atoms with Crippen molar-refractivity contribution in [3.05, 3.63) is 22.7 Å². The van der Waals surface area contributed by atoms with Crippen LogP contribution in [-0.4, -0.2) is 63.9 Å². The van der Waals surface area contributed by atoms with E-state index >= 15 is 0 Å². The van der Waals surface area contributed by atoms with E-state index in [-0.39, 0.29) is 12.0 Å². The molecule has 25 heavy (non-hydrogen) atoms. The van der Waals surface area contributed by atoms with E-state index in [0.717, 1.165) is 30.8 Å². The van der Waals surface area contributed by atoms with Crippen molar-refractivity contribution in [1.82, 2.24) is 24.7 Å². The summed E-state index contributed by atoms with van der Waals surface area (Å²) in [5.74, 6) is 1.26. The summed E-state index contributed by atoms with van der Waals surface area (Å²) in [5, 5.41) is 12.3. The maximum absolute atomic E-state index is 12.7. The number of carbonyl (C=O) groups is 1. The summed E-state index contributed by atoms with van der Waals surface area (Å²) in [6, 6.07) is 3.67. The molecule has 2 aromatic heterocycles. The average molecular weight is 362 g/mol. The van der Waals surface area contributed by atoms with Crippen molar-refractivity contribution in [1.29, 1.82) is 0 Å². The normalized spacial score (nSPS) is 16.9. The number of likely N-dealkylation sites (tertiary alicyclic amines) is 1. The molecule has 0 bridgehead atoms. The fourth-order valence-electron chi connectivity index (χ4n) is 2.71. The van der Waals surface area contributed by atoms with E-state index in [1.165, 1.54) is 11.5 Å². The Morgan fingerprint density at radius 3 is 2.88 bits per heavy atom. The van der Waals surface area contributed by atoms with Gasteiger partial charge in [0.05, 0.1) is 12.2 Å². The number of carbonyl (C=O) groups excluding carboxylic acids is 1. The van der Waals surface area contributed by atoms with E-state index in [9.17, 15) is 4.79 Å². The molecule has 0 N–H and O–H groups in total. The van der Waals surface area contributed by atoms with E-state index in [1.807, 2.05) is 25.1 Å². The monoisotopic (exact) mass is 362 g/mol. The molecule has 1 amide bonds. The van der Waals surface area contributed by atoms with E-state index in [2.05, 4.69) is 26.7 Å². The van der Waals surface area contributed by atoms with Gasteiger partial charge in [-0.2, -0.15) is 0 Å². The van der Waals surface area contributed by atoms with Gasteiger partial charge < -0.3 is 14.5 Å². The first kappa shape index (κ1) is 17.5. The second-order valence-corrected chi connectivity index (χ2v) is 6.96. The predicted octanol–water partition coefficient (Wildman–Crippen LogP) is 1.64. The second kappa shape index (κ2) is 7.73. The average Bonchev–Trinajstić information content (AvgIpc) is 3.25. The fourth-order valence-corrected chi connectivity index (χ4v) is 3.39. The molecule has 134 valence electrons. The SMILES string of the molecule is CCCc1nnsc1C(=O)N1CCC(Oc2ccc(N(C)C)nn2)C1. The van der Waals surface area contributed by atoms with Gasteiger partial charge in [-0.15, -0.1) is 15.3 Å². The van der Waals surface area contributed by atoms with E-state index in [0.29, 0.717) is 23.8 Å². The quantitative estimate of drug-likeness (QED) is 0.772. The van der Waals surface area contributed by atoms with Crippen molar-refractivity contribution in [2.24, 2.45) is 0 Å². The zero-order valence-electron chi connectivity index (χ0n) is 14.7. The van der Waals surface area contributed by atoms with Crippen molar-refractivity contribution in [2.45, 2.75) is 32.3 Å². The number of rotatable bonds is 6. The molecule has 3 heterocycles. The molecule has 9 heteroatoms. The maximum atomic E-state index is 12.7. The number of amides is 1. The molecule has 1 unspecified atom stereocenters. The van der Waals surface area contributed by atoms with Crippen LogP contribution >= 0.6 is 11.5 Å². The Balaban J connectivity index is 1.59. The Bertz CT molecular complexity index is 718. The summed E-state index contributed by atoms with van der Waals surface area (Å²) in [7, 11) is 3.82. The molecular weight excluding hydrogens is 340 g/mol. The van der Waals surface area contributed by atoms with Crippen LogP contribution in [0.15, 0.2) is 12.1 Å². The summed E-state index contributed by atoms with van der Waals surface area (Å²) >= 11 is 1.17. The van der Waals surface area contributed by atoms with Gasteiger partial charge in [0.2, 0.25) is 5.88 Å². The topological polar surface area (TPSA) is 84.3 Å². The van der Waals surface area contributed by atoms with Gasteiger partial charge in [0.25, 0.3) is 5.91 Å². The van der Waals surface area contributed by atoms with Crippen LogP contribution in [0.2, 0.25) is 0 Å². The molecule has 2 aromatic rings. The summed E-state index contributed by atoms with van der Waals surface area (Å²) < 4.78 is 9.80. The van der Waals surface area contributed by atoms with Crippen LogP contribution in [0.25, 0.3) is 0 Å². The van der Waals surface area contributed by atoms with E-state index in [1.54, 1.807) is 11.0 Å². The molecule has 0 radical (unpaired) electrons. The highest BCUT2D eigenvalue weighted by atomic mass is 32.1. The van der Waals surface area contributed by atoms with Crippen molar-refractivity contribution < 1.29 is 9.53 Å². The highest BCUT2D eigenvalue weighted by Gasteiger charge is 2.31. The lowest BCUT2D eigenvalue weighted by atomic mass is 10.2. The first-order valence-electron chi connectivity index (χ1n) is 8.36. The molecule has 0 spiro atoms. The zero-order valence-corrected chi connectivity index (χ0v) is 15.5. The van der Waals surface area contributed by atoms with Crippen LogP contribution in [0.4, 0.5) is 5.82 Å². The van der Waals surface area contributed by atoms with E-state index in [4.69, 9.17) is 4.74 Å². The molecule has 1 aliphatic rings. The van der Waals surface area contributed by atoms with Crippen LogP contribution in [-0.2, 0) is 6.42 Å². The molecule has 1 aliphatic heterocycles. The van der Waals surface area contributed by atoms with Crippen molar-refractivity contribution in [3.63, 3.8) is 0 Å². The van der Waals surface area contributed by atoms with Gasteiger partial charge in [-0.1, -0.05) is 17.8 Å². The lowest BCUT2D eigenvalue weighted by molar-refractivity contribution is 0.0774. The van der Waals surface area contributed by atoms with Gasteiger partial charge >= 0.3 is 0 Å². The summed E-state index contributed by atoms with van der Waals surface area (Å²) in [5.41, 5.74) is 0.798. The molecule has 3 rings (SSSR count). The number of aryl methyl sites for hydroxylation is 1. The van der Waals surface area contributed by atoms with E-state index < -0.39 is 0 Å². The minimum Gasteiger partial charge on any atom is -0.471 e. The fraction of sp³-hybridized carbons (Fsp3) is 0.562. The van der Waals surface area contributed by atoms with Crippen LogP contribution < -0.4 is 9.64 Å². The molecule has 0 saturated carbocycles. The number of aromatic nitrogens is 4. The standard InChI is InChI=1S/C16H22N6O2S/c1-4-5-12-15(25-20-17-12)16(23)22-9-8-11(10-22)24-14-7-6-13(18-19-14)21(2)3/h6-7,11H,4-5,8-10H2,1-3H3. The van der Waals surface area contributed by atoms with Gasteiger partial charge in [-0.05, 0) is 24.0 Å². The van der Waals surface area contributed by atoms with Gasteiger partial charge in [0.1, 0.15) is 11.0 Å². The van der Waals surface area contributed by atoms with Crippen molar-refractivity contribution >= 4 is 23.3 Å². The van der Waals surface area contributed by atoms with Gasteiger partial charge in [0, 0.05) is 33.1 Å². The number of hydrogen-bond donors (Lipinski definition) is 0. The first-order chi connectivity index (χ1) is 12.1. The number of hydrogen-bond acceptors (Lipinski definition) is 8. The molecule has 1 saturated heterocycles. The Labute approximate surface area is 151 Å². The van der Waals surface area contributed by atoms with Crippen molar-refractivity contribution in [2.75, 3.05) is 32.1 Å². The molecular formula is C16H22N6O2S. The van der Waals surface area contributed by atoms with Gasteiger partial charge in [-0.25, -0.2) is 0 Å². The maximum Gasteiger partial charge on any atom is 0.267 e. The Morgan fingerprint density at radius 2 is 2.20 bits per heavy atom. The first-order valence-corrected chi connectivity index (χ1v) is 9.14. The molecule has 0 aromatic carbocycles. The van der Waals surface area contributed by atoms with Crippen LogP contribution in [0.5, 0.6) is 5.88 Å². The van der Waals surface area contributed by atoms with Crippen molar-refractivity contribution in [3.8, 4) is 5.88 Å². The zero-order chi connectivity index (χ0) is 17.8. The smallest absolute Gasteiger partial charge is 0.267 e. The highest BCUT2D eigenvalue weighted by Crippen LogP contribution is 2.22.